The number of nitrogens with zero attached hydrogens (tertiary/aromatic N) is 2. The minimum atomic E-state index is -3.13. The van der Waals surface area contributed by atoms with Gasteiger partial charge in [0.25, 0.3) is 5.69 Å². The number of hydrazone groups is 1. The average Bonchev–Trinajstić information content (AvgIpc) is 2.54. The van der Waals surface area contributed by atoms with Crippen LogP contribution < -0.4 is 15.9 Å². The van der Waals surface area contributed by atoms with Crippen molar-refractivity contribution in [2.24, 2.45) is 10.8 Å². The van der Waals surface area contributed by atoms with Gasteiger partial charge in [-0.05, 0) is 31.2 Å². The molecule has 0 aliphatic rings. The molecule has 3 N–H and O–H groups in total. The molecule has 0 heterocycles. The SMILES string of the molecule is Cc1cc(/C(N)=N/Nc2ccc(OC(F)F)c(F)c2)ccc1[N+](=O)[O-]. The van der Waals surface area contributed by atoms with E-state index in [1.54, 1.807) is 6.92 Å². The van der Waals surface area contributed by atoms with Gasteiger partial charge in [-0.25, -0.2) is 4.39 Å². The standard InChI is InChI=1S/C15H13F3N4O3/c1-8-6-9(2-4-12(8)22(23)24)14(19)21-20-10-3-5-13(11(16)7-10)25-15(17)18/h2-7,15,20H,1H3,(H2,19,21). The Bertz CT molecular complexity index is 828. The summed E-state index contributed by atoms with van der Waals surface area (Å²) in [5, 5.41) is 14.6. The van der Waals surface area contributed by atoms with E-state index in [-0.39, 0.29) is 17.2 Å². The fourth-order valence-electron chi connectivity index (χ4n) is 1.97. The molecule has 0 atom stereocenters. The van der Waals surface area contributed by atoms with Crippen LogP contribution in [0.15, 0.2) is 41.5 Å². The number of nitro benzene ring substituents is 1. The lowest BCUT2D eigenvalue weighted by Gasteiger charge is -2.08. The predicted molar refractivity (Wildman–Crippen MR) is 85.2 cm³/mol. The first-order chi connectivity index (χ1) is 11.8. The Hall–Kier alpha value is -3.30. The number of nitrogens with two attached hydrogens (primary N) is 1. The lowest BCUT2D eigenvalue weighted by molar-refractivity contribution is -0.385. The van der Waals surface area contributed by atoms with Crippen LogP contribution in [-0.4, -0.2) is 17.4 Å². The molecule has 0 fully saturated rings. The summed E-state index contributed by atoms with van der Waals surface area (Å²) in [6, 6.07) is 7.41. The average molecular weight is 354 g/mol. The summed E-state index contributed by atoms with van der Waals surface area (Å²) in [5.41, 5.74) is 9.17. The number of rotatable bonds is 6. The van der Waals surface area contributed by atoms with Crippen molar-refractivity contribution < 1.29 is 22.8 Å². The molecule has 0 amide bonds. The number of anilines is 1. The highest BCUT2D eigenvalue weighted by Crippen LogP contribution is 2.23. The van der Waals surface area contributed by atoms with Crippen LogP contribution in [0.5, 0.6) is 5.75 Å². The number of benzene rings is 2. The lowest BCUT2D eigenvalue weighted by atomic mass is 10.1. The molecule has 0 radical (unpaired) electrons. The second-order valence-corrected chi connectivity index (χ2v) is 4.89. The van der Waals surface area contributed by atoms with Crippen molar-refractivity contribution >= 4 is 17.2 Å². The maximum atomic E-state index is 13.6. The van der Waals surface area contributed by atoms with Gasteiger partial charge in [0.1, 0.15) is 0 Å². The van der Waals surface area contributed by atoms with E-state index in [9.17, 15) is 23.3 Å². The Morgan fingerprint density at radius 3 is 2.60 bits per heavy atom. The molecule has 0 spiro atoms. The number of nitrogens with one attached hydrogen (secondary N) is 1. The second-order valence-electron chi connectivity index (χ2n) is 4.89. The third-order valence-corrected chi connectivity index (χ3v) is 3.14. The molecule has 0 saturated heterocycles. The molecule has 2 aromatic rings. The van der Waals surface area contributed by atoms with Crippen molar-refractivity contribution in [1.29, 1.82) is 0 Å². The minimum absolute atomic E-state index is 0.00585. The summed E-state index contributed by atoms with van der Waals surface area (Å²) in [6.07, 6.45) is 0. The molecule has 132 valence electrons. The predicted octanol–water partition coefficient (Wildman–Crippen LogP) is 3.38. The molecule has 0 aromatic heterocycles. The highest BCUT2D eigenvalue weighted by Gasteiger charge is 2.12. The van der Waals surface area contributed by atoms with Crippen LogP contribution in [0.2, 0.25) is 0 Å². The molecule has 0 aliphatic heterocycles. The number of halogens is 3. The molecule has 0 bridgehead atoms. The summed E-state index contributed by atoms with van der Waals surface area (Å²) in [6.45, 7) is -1.58. The van der Waals surface area contributed by atoms with Crippen LogP contribution >= 0.6 is 0 Å². The minimum Gasteiger partial charge on any atom is -0.432 e. The zero-order chi connectivity index (χ0) is 18.6. The van der Waals surface area contributed by atoms with Gasteiger partial charge < -0.3 is 10.5 Å². The summed E-state index contributed by atoms with van der Waals surface area (Å²) in [7, 11) is 0. The quantitative estimate of drug-likeness (QED) is 0.358. The Morgan fingerprint density at radius 1 is 1.32 bits per heavy atom. The molecule has 10 heteroatoms. The van der Waals surface area contributed by atoms with E-state index in [0.29, 0.717) is 11.1 Å². The Labute approximate surface area is 140 Å². The van der Waals surface area contributed by atoms with Crippen molar-refractivity contribution in [3.8, 4) is 5.75 Å². The van der Waals surface area contributed by atoms with E-state index < -0.39 is 23.1 Å². The Balaban J connectivity index is 2.14. The molecule has 0 aliphatic carbocycles. The van der Waals surface area contributed by atoms with Gasteiger partial charge >= 0.3 is 6.61 Å². The lowest BCUT2D eigenvalue weighted by Crippen LogP contribution is -2.15. The fourth-order valence-corrected chi connectivity index (χ4v) is 1.97. The van der Waals surface area contributed by atoms with Crippen molar-refractivity contribution in [2.75, 3.05) is 5.43 Å². The molecule has 0 saturated carbocycles. The van der Waals surface area contributed by atoms with E-state index in [1.165, 1.54) is 24.3 Å². The molecule has 2 aromatic carbocycles. The summed E-state index contributed by atoms with van der Waals surface area (Å²) in [5.74, 6) is -1.58. The van der Waals surface area contributed by atoms with E-state index in [4.69, 9.17) is 5.73 Å². The highest BCUT2D eigenvalue weighted by atomic mass is 19.3. The molecule has 7 nitrogen and oxygen atoms in total. The molecule has 25 heavy (non-hydrogen) atoms. The van der Waals surface area contributed by atoms with Gasteiger partial charge in [-0.15, -0.1) is 0 Å². The van der Waals surface area contributed by atoms with Crippen LogP contribution in [0.1, 0.15) is 11.1 Å². The zero-order valence-corrected chi connectivity index (χ0v) is 12.9. The van der Waals surface area contributed by atoms with Gasteiger partial charge in [0.15, 0.2) is 17.4 Å². The summed E-state index contributed by atoms with van der Waals surface area (Å²) < 4.78 is 41.7. The Kier molecular flexibility index (Phi) is 5.42. The van der Waals surface area contributed by atoms with Crippen molar-refractivity contribution in [2.45, 2.75) is 13.5 Å². The van der Waals surface area contributed by atoms with Crippen molar-refractivity contribution in [1.82, 2.24) is 0 Å². The first-order valence-electron chi connectivity index (χ1n) is 6.87. The zero-order valence-electron chi connectivity index (χ0n) is 12.9. The molecular formula is C15H13F3N4O3. The fraction of sp³-hybridized carbons (Fsp3) is 0.133. The molecule has 2 rings (SSSR count). The van der Waals surface area contributed by atoms with Gasteiger partial charge in [-0.2, -0.15) is 13.9 Å². The monoisotopic (exact) mass is 354 g/mol. The normalized spacial score (nSPS) is 11.5. The third-order valence-electron chi connectivity index (χ3n) is 3.14. The topological polar surface area (TPSA) is 103 Å². The van der Waals surface area contributed by atoms with Crippen molar-refractivity contribution in [3.63, 3.8) is 0 Å². The summed E-state index contributed by atoms with van der Waals surface area (Å²) in [4.78, 5) is 10.3. The van der Waals surface area contributed by atoms with Crippen LogP contribution in [-0.2, 0) is 0 Å². The van der Waals surface area contributed by atoms with Crippen LogP contribution in [0.4, 0.5) is 24.5 Å². The van der Waals surface area contributed by atoms with Crippen LogP contribution in [0.3, 0.4) is 0 Å². The largest absolute Gasteiger partial charge is 0.432 e. The number of hydrogen-bond donors (Lipinski definition) is 2. The number of aryl methyl sites for hydroxylation is 1. The first-order valence-corrected chi connectivity index (χ1v) is 6.87. The van der Waals surface area contributed by atoms with E-state index in [0.717, 1.165) is 12.1 Å². The van der Waals surface area contributed by atoms with Gasteiger partial charge in [0, 0.05) is 23.3 Å². The second kappa shape index (κ2) is 7.51. The number of hydrogen-bond acceptors (Lipinski definition) is 5. The summed E-state index contributed by atoms with van der Waals surface area (Å²) >= 11 is 0. The van der Waals surface area contributed by atoms with Crippen LogP contribution in [0, 0.1) is 22.9 Å². The maximum Gasteiger partial charge on any atom is 0.387 e. The van der Waals surface area contributed by atoms with Gasteiger partial charge in [0.2, 0.25) is 0 Å². The first kappa shape index (κ1) is 18.0. The highest BCUT2D eigenvalue weighted by molar-refractivity contribution is 5.98. The van der Waals surface area contributed by atoms with E-state index in [1.807, 2.05) is 0 Å². The number of nitro groups is 1. The van der Waals surface area contributed by atoms with E-state index in [2.05, 4.69) is 15.3 Å². The Morgan fingerprint density at radius 2 is 2.04 bits per heavy atom. The number of amidine groups is 1. The van der Waals surface area contributed by atoms with Crippen LogP contribution in [0.25, 0.3) is 0 Å². The molecule has 0 unspecified atom stereocenters. The number of alkyl halides is 2. The maximum absolute atomic E-state index is 13.6. The van der Waals surface area contributed by atoms with Gasteiger partial charge in [0.05, 0.1) is 10.6 Å². The van der Waals surface area contributed by atoms with Gasteiger partial charge in [-0.1, -0.05) is 0 Å². The van der Waals surface area contributed by atoms with E-state index >= 15 is 0 Å². The smallest absolute Gasteiger partial charge is 0.387 e. The number of ether oxygens (including phenoxy) is 1. The van der Waals surface area contributed by atoms with Crippen molar-refractivity contribution in [3.05, 3.63) is 63.5 Å². The third kappa shape index (κ3) is 4.59. The molecular weight excluding hydrogens is 341 g/mol. The van der Waals surface area contributed by atoms with Gasteiger partial charge in [-0.3, -0.25) is 15.5 Å².